The highest BCUT2D eigenvalue weighted by molar-refractivity contribution is 7.98. The molecule has 0 aliphatic heterocycles. The number of primary amides is 1. The molecule has 1 aromatic carbocycles. The first-order valence-corrected chi connectivity index (χ1v) is 6.70. The zero-order valence-corrected chi connectivity index (χ0v) is 11.1. The number of pyridine rings is 1. The Morgan fingerprint density at radius 2 is 2.11 bits per heavy atom. The smallest absolute Gasteiger partial charge is 0.251 e. The maximum atomic E-state index is 11.2. The van der Waals surface area contributed by atoms with E-state index in [1.165, 1.54) is 12.3 Å². The number of nitrogen functional groups attached to an aromatic ring is 1. The quantitative estimate of drug-likeness (QED) is 0.835. The van der Waals surface area contributed by atoms with Gasteiger partial charge in [-0.05, 0) is 18.4 Å². The van der Waals surface area contributed by atoms with Gasteiger partial charge >= 0.3 is 0 Å². The molecule has 0 atom stereocenters. The fraction of sp³-hybridized carbons (Fsp3) is 0.0769. The number of hydrogen-bond acceptors (Lipinski definition) is 5. The summed E-state index contributed by atoms with van der Waals surface area (Å²) < 4.78 is 5.65. The summed E-state index contributed by atoms with van der Waals surface area (Å²) in [6.45, 7) is 0. The molecule has 0 unspecified atom stereocenters. The molecule has 4 N–H and O–H groups in total. The number of carbonyl (C=O) groups excluding carboxylic acids is 1. The number of carbonyl (C=O) groups is 1. The van der Waals surface area contributed by atoms with Crippen molar-refractivity contribution in [2.45, 2.75) is 4.90 Å². The van der Waals surface area contributed by atoms with Crippen molar-refractivity contribution in [3.05, 3.63) is 42.1 Å². The molecule has 2 aromatic rings. The minimum atomic E-state index is -0.608. The number of ether oxygens (including phenoxy) is 1. The Hall–Kier alpha value is -2.21. The molecular formula is C13H13N3O2S. The Balaban J connectivity index is 2.33. The van der Waals surface area contributed by atoms with Gasteiger partial charge in [-0.15, -0.1) is 11.8 Å². The highest BCUT2D eigenvalue weighted by Gasteiger charge is 2.10. The zero-order chi connectivity index (χ0) is 13.8. The van der Waals surface area contributed by atoms with Crippen LogP contribution in [0.1, 0.15) is 10.4 Å². The fourth-order valence-electron chi connectivity index (χ4n) is 1.53. The second-order valence-corrected chi connectivity index (χ2v) is 4.58. The van der Waals surface area contributed by atoms with Crippen LogP contribution < -0.4 is 16.2 Å². The maximum absolute atomic E-state index is 11.2. The summed E-state index contributed by atoms with van der Waals surface area (Å²) in [6.07, 6.45) is 3.31. The van der Waals surface area contributed by atoms with Gasteiger partial charge in [0.2, 0.25) is 5.88 Å². The number of anilines is 1. The van der Waals surface area contributed by atoms with Crippen LogP contribution in [0.15, 0.2) is 41.4 Å². The van der Waals surface area contributed by atoms with Crippen molar-refractivity contribution in [3.8, 4) is 11.6 Å². The summed E-state index contributed by atoms with van der Waals surface area (Å²) in [6, 6.07) is 8.99. The van der Waals surface area contributed by atoms with Crippen LogP contribution in [0.25, 0.3) is 0 Å². The Kier molecular flexibility index (Phi) is 3.91. The SMILES string of the molecule is CSc1ccccc1Oc1cc(C(N)=O)c(N)cn1. The van der Waals surface area contributed by atoms with E-state index < -0.39 is 5.91 Å². The van der Waals surface area contributed by atoms with E-state index >= 15 is 0 Å². The van der Waals surface area contributed by atoms with Gasteiger partial charge in [-0.2, -0.15) is 0 Å². The van der Waals surface area contributed by atoms with Crippen molar-refractivity contribution >= 4 is 23.4 Å². The van der Waals surface area contributed by atoms with Crippen LogP contribution in [-0.4, -0.2) is 17.1 Å². The molecule has 1 amide bonds. The highest BCUT2D eigenvalue weighted by atomic mass is 32.2. The summed E-state index contributed by atoms with van der Waals surface area (Å²) in [4.78, 5) is 16.2. The Morgan fingerprint density at radius 1 is 1.37 bits per heavy atom. The first kappa shape index (κ1) is 13.2. The number of amides is 1. The van der Waals surface area contributed by atoms with E-state index in [0.29, 0.717) is 5.75 Å². The molecule has 0 radical (unpaired) electrons. The molecule has 0 spiro atoms. The normalized spacial score (nSPS) is 10.2. The fourth-order valence-corrected chi connectivity index (χ4v) is 2.06. The molecule has 6 heteroatoms. The van der Waals surface area contributed by atoms with Crippen molar-refractivity contribution in [1.82, 2.24) is 4.98 Å². The van der Waals surface area contributed by atoms with E-state index in [-0.39, 0.29) is 17.1 Å². The number of hydrogen-bond donors (Lipinski definition) is 2. The monoisotopic (exact) mass is 275 g/mol. The molecule has 1 aromatic heterocycles. The van der Waals surface area contributed by atoms with Gasteiger partial charge in [0.05, 0.1) is 17.4 Å². The van der Waals surface area contributed by atoms with Crippen molar-refractivity contribution in [2.24, 2.45) is 5.73 Å². The third-order valence-corrected chi connectivity index (χ3v) is 3.24. The number of nitrogens with zero attached hydrogens (tertiary/aromatic N) is 1. The van der Waals surface area contributed by atoms with Gasteiger partial charge in [-0.3, -0.25) is 4.79 Å². The van der Waals surface area contributed by atoms with E-state index in [0.717, 1.165) is 4.90 Å². The molecule has 0 saturated heterocycles. The van der Waals surface area contributed by atoms with E-state index in [2.05, 4.69) is 4.98 Å². The van der Waals surface area contributed by atoms with Gasteiger partial charge in [0.1, 0.15) is 5.75 Å². The molecule has 0 fully saturated rings. The van der Waals surface area contributed by atoms with Crippen molar-refractivity contribution < 1.29 is 9.53 Å². The minimum Gasteiger partial charge on any atom is -0.438 e. The Bertz CT molecular complexity index is 617. The summed E-state index contributed by atoms with van der Waals surface area (Å²) in [5.41, 5.74) is 11.3. The lowest BCUT2D eigenvalue weighted by Gasteiger charge is -2.09. The molecule has 1 heterocycles. The van der Waals surface area contributed by atoms with E-state index in [1.807, 2.05) is 30.5 Å². The molecule has 98 valence electrons. The van der Waals surface area contributed by atoms with Gasteiger partial charge in [0.15, 0.2) is 0 Å². The predicted molar refractivity (Wildman–Crippen MR) is 75.5 cm³/mol. The predicted octanol–water partition coefficient (Wildman–Crippen LogP) is 2.28. The summed E-state index contributed by atoms with van der Waals surface area (Å²) in [5, 5.41) is 0. The van der Waals surface area contributed by atoms with Crippen LogP contribution in [0.2, 0.25) is 0 Å². The summed E-state index contributed by atoms with van der Waals surface area (Å²) >= 11 is 1.56. The molecule has 0 aliphatic carbocycles. The highest BCUT2D eigenvalue weighted by Crippen LogP contribution is 2.31. The minimum absolute atomic E-state index is 0.201. The Morgan fingerprint density at radius 3 is 2.79 bits per heavy atom. The van der Waals surface area contributed by atoms with E-state index in [4.69, 9.17) is 16.2 Å². The average Bonchev–Trinajstić information content (AvgIpc) is 2.41. The van der Waals surface area contributed by atoms with Crippen LogP contribution in [0.3, 0.4) is 0 Å². The van der Waals surface area contributed by atoms with Gasteiger partial charge < -0.3 is 16.2 Å². The maximum Gasteiger partial charge on any atom is 0.251 e. The van der Waals surface area contributed by atoms with Crippen molar-refractivity contribution in [3.63, 3.8) is 0 Å². The van der Waals surface area contributed by atoms with Crippen molar-refractivity contribution in [1.29, 1.82) is 0 Å². The second kappa shape index (κ2) is 5.62. The third-order valence-electron chi connectivity index (χ3n) is 2.46. The first-order valence-electron chi connectivity index (χ1n) is 5.48. The molecular weight excluding hydrogens is 262 g/mol. The van der Waals surface area contributed by atoms with E-state index in [9.17, 15) is 4.79 Å². The molecule has 0 bridgehead atoms. The van der Waals surface area contributed by atoms with Gasteiger partial charge in [-0.1, -0.05) is 12.1 Å². The lowest BCUT2D eigenvalue weighted by atomic mass is 10.2. The van der Waals surface area contributed by atoms with Gasteiger partial charge in [0.25, 0.3) is 5.91 Å². The molecule has 19 heavy (non-hydrogen) atoms. The van der Waals surface area contributed by atoms with Crippen LogP contribution in [0.4, 0.5) is 5.69 Å². The summed E-state index contributed by atoms with van der Waals surface area (Å²) in [5.74, 6) is 0.343. The number of rotatable bonds is 4. The number of para-hydroxylation sites is 1. The lowest BCUT2D eigenvalue weighted by molar-refractivity contribution is 0.100. The Labute approximate surface area is 115 Å². The topological polar surface area (TPSA) is 91.2 Å². The summed E-state index contributed by atoms with van der Waals surface area (Å²) in [7, 11) is 0. The van der Waals surface area contributed by atoms with Crippen LogP contribution in [-0.2, 0) is 0 Å². The zero-order valence-electron chi connectivity index (χ0n) is 10.3. The average molecular weight is 275 g/mol. The number of aromatic nitrogens is 1. The second-order valence-electron chi connectivity index (χ2n) is 3.73. The molecule has 2 rings (SSSR count). The van der Waals surface area contributed by atoms with Crippen LogP contribution >= 0.6 is 11.8 Å². The standard InChI is InChI=1S/C13H13N3O2S/c1-19-11-5-3-2-4-10(11)18-12-6-8(13(15)17)9(14)7-16-12/h2-7H,14H2,1H3,(H2,15,17). The molecule has 0 saturated carbocycles. The molecule has 0 aliphatic rings. The van der Waals surface area contributed by atoms with Gasteiger partial charge in [0, 0.05) is 11.0 Å². The molecule has 5 nitrogen and oxygen atoms in total. The van der Waals surface area contributed by atoms with Crippen molar-refractivity contribution in [2.75, 3.05) is 12.0 Å². The van der Waals surface area contributed by atoms with E-state index in [1.54, 1.807) is 11.8 Å². The number of thioether (sulfide) groups is 1. The number of nitrogens with two attached hydrogens (primary N) is 2. The van der Waals surface area contributed by atoms with Gasteiger partial charge in [-0.25, -0.2) is 4.98 Å². The lowest BCUT2D eigenvalue weighted by Crippen LogP contribution is -2.13. The number of benzene rings is 1. The van der Waals surface area contributed by atoms with Crippen LogP contribution in [0.5, 0.6) is 11.6 Å². The van der Waals surface area contributed by atoms with Crippen LogP contribution in [0, 0.1) is 0 Å². The largest absolute Gasteiger partial charge is 0.438 e. The first-order chi connectivity index (χ1) is 9.11. The third kappa shape index (κ3) is 2.97.